The molecule has 0 aliphatic carbocycles. The first-order valence-corrected chi connectivity index (χ1v) is 3.66. The van der Waals surface area contributed by atoms with Crippen molar-refractivity contribution in [3.63, 3.8) is 0 Å². The summed E-state index contributed by atoms with van der Waals surface area (Å²) in [5.41, 5.74) is 0. The molecule has 0 spiro atoms. The molecule has 1 heterocycles. The van der Waals surface area contributed by atoms with Crippen molar-refractivity contribution in [3.05, 3.63) is 0 Å². The molecule has 0 aromatic carbocycles. The molecular formula is C5H9BrMgO. The maximum absolute atomic E-state index is 5.29. The molecule has 0 bridgehead atoms. The third-order valence-electron chi connectivity index (χ3n) is 1.27. The van der Waals surface area contributed by atoms with Crippen LogP contribution < -0.4 is 17.0 Å². The van der Waals surface area contributed by atoms with Gasteiger partial charge >= 0.3 is 56.5 Å². The summed E-state index contributed by atoms with van der Waals surface area (Å²) in [7, 11) is 0. The molecule has 0 aromatic rings. The fourth-order valence-corrected chi connectivity index (χ4v) is 1.26. The first kappa shape index (κ1) is 9.21. The zero-order valence-electron chi connectivity index (χ0n) is 4.90. The van der Waals surface area contributed by atoms with Crippen LogP contribution in [0.2, 0.25) is 0 Å². The van der Waals surface area contributed by atoms with Crippen molar-refractivity contribution < 1.29 is 21.7 Å². The fourth-order valence-electron chi connectivity index (χ4n) is 0.807. The Balaban J connectivity index is 0.000000490. The number of hydrogen-bond acceptors (Lipinski definition) is 1. The first-order chi connectivity index (χ1) is 3.39. The Hall–Kier alpha value is 1.21. The van der Waals surface area contributed by atoms with E-state index < -0.39 is 0 Å². The summed E-state index contributed by atoms with van der Waals surface area (Å²) < 4.78 is 5.85. The van der Waals surface area contributed by atoms with Crippen molar-refractivity contribution in [2.24, 2.45) is 0 Å². The Labute approximate surface area is 73.4 Å². The van der Waals surface area contributed by atoms with E-state index in [-0.39, 0.29) is 17.0 Å². The number of halogens is 1. The average molecular weight is 189 g/mol. The number of rotatable bonds is 0. The van der Waals surface area contributed by atoms with Crippen LogP contribution in [0.15, 0.2) is 0 Å². The fraction of sp³-hybridized carbons (Fsp3) is 1.00. The van der Waals surface area contributed by atoms with Gasteiger partial charge in [-0.3, -0.25) is 0 Å². The number of ether oxygens (including phenoxy) is 1. The second-order valence-electron chi connectivity index (χ2n) is 1.99. The van der Waals surface area contributed by atoms with Gasteiger partial charge in [-0.05, 0) is 0 Å². The van der Waals surface area contributed by atoms with Gasteiger partial charge < -0.3 is 17.0 Å². The molecule has 1 rings (SSSR count). The van der Waals surface area contributed by atoms with Crippen LogP contribution in [0.25, 0.3) is 0 Å². The molecule has 1 aliphatic rings. The van der Waals surface area contributed by atoms with Crippen molar-refractivity contribution in [2.75, 3.05) is 6.61 Å². The average Bonchev–Trinajstić information content (AvgIpc) is 1.69. The minimum atomic E-state index is 0. The minimum absolute atomic E-state index is 0. The summed E-state index contributed by atoms with van der Waals surface area (Å²) in [6.07, 6.45) is 3.92. The molecule has 3 heteroatoms. The third-order valence-corrected chi connectivity index (χ3v) is 1.92. The predicted octanol–water partition coefficient (Wildman–Crippen LogP) is -2.31. The quantitative estimate of drug-likeness (QED) is 0.389. The van der Waals surface area contributed by atoms with Crippen LogP contribution in [0.3, 0.4) is 0 Å². The van der Waals surface area contributed by atoms with Gasteiger partial charge in [0, 0.05) is 0 Å². The standard InChI is InChI=1S/C5H9O.BrH.Mg/c1-2-4-6-5-3-1;;/h4H,1-3,5H2;1H;/q;;+1/p-1. The van der Waals surface area contributed by atoms with Gasteiger partial charge in [0.15, 0.2) is 0 Å². The molecule has 0 N–H and O–H groups in total. The molecule has 0 saturated carbocycles. The molecule has 1 atom stereocenters. The topological polar surface area (TPSA) is 9.23 Å². The van der Waals surface area contributed by atoms with E-state index in [0.717, 1.165) is 6.61 Å². The second kappa shape index (κ2) is 5.03. The van der Waals surface area contributed by atoms with E-state index in [1.165, 1.54) is 19.3 Å². The Bertz CT molecular complexity index is 54.4. The van der Waals surface area contributed by atoms with Gasteiger partial charge in [-0.1, -0.05) is 0 Å². The molecule has 0 amide bonds. The van der Waals surface area contributed by atoms with Crippen LogP contribution in [0.1, 0.15) is 19.3 Å². The molecule has 8 heavy (non-hydrogen) atoms. The molecule has 1 aliphatic heterocycles. The van der Waals surface area contributed by atoms with E-state index in [1.54, 1.807) is 0 Å². The molecule has 1 fully saturated rings. The van der Waals surface area contributed by atoms with Crippen LogP contribution in [0, 0.1) is 0 Å². The van der Waals surface area contributed by atoms with Gasteiger partial charge in [0.25, 0.3) is 0 Å². The second-order valence-corrected chi connectivity index (χ2v) is 2.90. The summed E-state index contributed by atoms with van der Waals surface area (Å²) in [6.45, 7) is 0.994. The summed E-state index contributed by atoms with van der Waals surface area (Å²) in [6, 6.07) is 0. The molecule has 44 valence electrons. The van der Waals surface area contributed by atoms with Gasteiger partial charge in [-0.15, -0.1) is 0 Å². The normalized spacial score (nSPS) is 29.0. The first-order valence-electron chi connectivity index (χ1n) is 2.84. The maximum atomic E-state index is 5.29. The number of hydrogen-bond donors (Lipinski definition) is 0. The van der Waals surface area contributed by atoms with E-state index in [9.17, 15) is 0 Å². The van der Waals surface area contributed by atoms with E-state index >= 15 is 0 Å². The van der Waals surface area contributed by atoms with Gasteiger partial charge in [0.05, 0.1) is 0 Å². The van der Waals surface area contributed by atoms with Gasteiger partial charge in [0.2, 0.25) is 0 Å². The Morgan fingerprint density at radius 1 is 1.38 bits per heavy atom. The van der Waals surface area contributed by atoms with Crippen molar-refractivity contribution >= 4 is 21.7 Å². The van der Waals surface area contributed by atoms with E-state index in [0.29, 0.717) is 4.23 Å². The summed E-state index contributed by atoms with van der Waals surface area (Å²) in [5.74, 6) is 0. The SMILES string of the molecule is [Br-].[Mg+][CH]1CCCCO1. The molecule has 0 radical (unpaired) electrons. The zero-order chi connectivity index (χ0) is 5.11. The van der Waals surface area contributed by atoms with E-state index in [4.69, 9.17) is 4.74 Å². The van der Waals surface area contributed by atoms with Crippen molar-refractivity contribution in [2.45, 2.75) is 23.5 Å². The Kier molecular flexibility index (Phi) is 5.79. The van der Waals surface area contributed by atoms with Crippen LogP contribution in [0.5, 0.6) is 0 Å². The Morgan fingerprint density at radius 3 is 2.38 bits per heavy atom. The van der Waals surface area contributed by atoms with Gasteiger partial charge in [-0.2, -0.15) is 0 Å². The van der Waals surface area contributed by atoms with Crippen LogP contribution >= 0.6 is 0 Å². The van der Waals surface area contributed by atoms with Crippen LogP contribution in [-0.4, -0.2) is 32.5 Å². The summed E-state index contributed by atoms with van der Waals surface area (Å²) in [4.78, 5) is 0. The van der Waals surface area contributed by atoms with Crippen molar-refractivity contribution in [3.8, 4) is 0 Å². The van der Waals surface area contributed by atoms with E-state index in [1.807, 2.05) is 21.7 Å². The molecule has 1 unspecified atom stereocenters. The van der Waals surface area contributed by atoms with Crippen molar-refractivity contribution in [1.82, 2.24) is 0 Å². The van der Waals surface area contributed by atoms with Crippen molar-refractivity contribution in [1.29, 1.82) is 0 Å². The molecule has 1 nitrogen and oxygen atoms in total. The Morgan fingerprint density at radius 2 is 2.12 bits per heavy atom. The van der Waals surface area contributed by atoms with Crippen LogP contribution in [-0.2, 0) is 4.74 Å². The zero-order valence-corrected chi connectivity index (χ0v) is 7.90. The monoisotopic (exact) mass is 188 g/mol. The van der Waals surface area contributed by atoms with Crippen LogP contribution in [0.4, 0.5) is 0 Å². The molecule has 1 saturated heterocycles. The predicted molar refractivity (Wildman–Crippen MR) is 29.3 cm³/mol. The summed E-state index contributed by atoms with van der Waals surface area (Å²) >= 11 is 1.96. The van der Waals surface area contributed by atoms with Gasteiger partial charge in [-0.25, -0.2) is 0 Å². The molecular weight excluding hydrogens is 180 g/mol. The van der Waals surface area contributed by atoms with E-state index in [2.05, 4.69) is 0 Å². The summed E-state index contributed by atoms with van der Waals surface area (Å²) in [5, 5.41) is 0. The third kappa shape index (κ3) is 3.27. The van der Waals surface area contributed by atoms with Gasteiger partial charge in [0.1, 0.15) is 0 Å². The molecule has 0 aromatic heterocycles.